The highest BCUT2D eigenvalue weighted by Crippen LogP contribution is 2.24. The van der Waals surface area contributed by atoms with Gasteiger partial charge in [-0.05, 0) is 37.1 Å². The number of hydrogen-bond donors (Lipinski definition) is 0. The van der Waals surface area contributed by atoms with Crippen LogP contribution in [0.25, 0.3) is 0 Å². The average molecular weight is 203 g/mol. The third kappa shape index (κ3) is 2.35. The molecule has 0 saturated heterocycles. The Morgan fingerprint density at radius 2 is 2.00 bits per heavy atom. The van der Waals surface area contributed by atoms with Crippen molar-refractivity contribution in [2.45, 2.75) is 20.3 Å². The molecule has 78 valence electrons. The molecule has 0 amide bonds. The second-order valence-electron chi connectivity index (χ2n) is 3.39. The number of nitriles is 1. The number of benzene rings is 1. The summed E-state index contributed by atoms with van der Waals surface area (Å²) in [6.07, 6.45) is -0.112. The molecule has 0 aliphatic heterocycles. The number of rotatable bonds is 3. The number of nitrogens with zero attached hydrogens (tertiary/aromatic N) is 1. The van der Waals surface area contributed by atoms with Crippen LogP contribution >= 0.6 is 0 Å². The summed E-state index contributed by atoms with van der Waals surface area (Å²) in [5.41, 5.74) is 2.58. The topological polar surface area (TPSA) is 50.1 Å². The van der Waals surface area contributed by atoms with Crippen molar-refractivity contribution < 1.29 is 9.53 Å². The molecular formula is C12H13NO2. The van der Waals surface area contributed by atoms with Gasteiger partial charge >= 0.3 is 0 Å². The van der Waals surface area contributed by atoms with Crippen LogP contribution in [0.3, 0.4) is 0 Å². The van der Waals surface area contributed by atoms with Crippen molar-refractivity contribution >= 4 is 5.78 Å². The van der Waals surface area contributed by atoms with Gasteiger partial charge in [0.2, 0.25) is 0 Å². The summed E-state index contributed by atoms with van der Waals surface area (Å²) in [4.78, 5) is 11.6. The summed E-state index contributed by atoms with van der Waals surface area (Å²) in [7, 11) is 1.52. The molecule has 0 aliphatic carbocycles. The molecule has 0 radical (unpaired) electrons. The molecule has 1 aromatic carbocycles. The van der Waals surface area contributed by atoms with Gasteiger partial charge in [-0.15, -0.1) is 0 Å². The Balaban J connectivity index is 3.22. The van der Waals surface area contributed by atoms with E-state index in [4.69, 9.17) is 10.00 Å². The van der Waals surface area contributed by atoms with Crippen molar-refractivity contribution in [2.75, 3.05) is 7.11 Å². The molecule has 0 N–H and O–H groups in total. The van der Waals surface area contributed by atoms with Crippen molar-refractivity contribution in [1.82, 2.24) is 0 Å². The van der Waals surface area contributed by atoms with Crippen molar-refractivity contribution in [3.8, 4) is 11.8 Å². The van der Waals surface area contributed by atoms with Crippen LogP contribution in [-0.4, -0.2) is 12.9 Å². The molecule has 0 fully saturated rings. The van der Waals surface area contributed by atoms with Gasteiger partial charge in [-0.1, -0.05) is 0 Å². The van der Waals surface area contributed by atoms with Crippen LogP contribution in [0.1, 0.15) is 27.9 Å². The van der Waals surface area contributed by atoms with E-state index in [9.17, 15) is 4.79 Å². The average Bonchev–Trinajstić information content (AvgIpc) is 2.21. The van der Waals surface area contributed by atoms with E-state index >= 15 is 0 Å². The van der Waals surface area contributed by atoms with Crippen LogP contribution in [0, 0.1) is 25.2 Å². The molecule has 3 heteroatoms. The first-order valence-corrected chi connectivity index (χ1v) is 4.65. The Morgan fingerprint density at radius 3 is 2.53 bits per heavy atom. The van der Waals surface area contributed by atoms with Gasteiger partial charge in [-0.2, -0.15) is 5.26 Å². The van der Waals surface area contributed by atoms with E-state index in [1.165, 1.54) is 7.11 Å². The third-order valence-corrected chi connectivity index (χ3v) is 2.36. The van der Waals surface area contributed by atoms with Crippen LogP contribution in [0.15, 0.2) is 12.1 Å². The summed E-state index contributed by atoms with van der Waals surface area (Å²) >= 11 is 0. The highest BCUT2D eigenvalue weighted by Gasteiger charge is 2.13. The number of aryl methyl sites for hydroxylation is 2. The number of carbonyl (C=O) groups is 1. The van der Waals surface area contributed by atoms with Gasteiger partial charge in [0.05, 0.1) is 25.2 Å². The molecule has 0 bridgehead atoms. The van der Waals surface area contributed by atoms with Crippen LogP contribution in [0.4, 0.5) is 0 Å². The van der Waals surface area contributed by atoms with Gasteiger partial charge in [0, 0.05) is 0 Å². The fourth-order valence-electron chi connectivity index (χ4n) is 1.34. The molecule has 0 spiro atoms. The maximum atomic E-state index is 11.6. The zero-order chi connectivity index (χ0) is 11.4. The molecule has 0 unspecified atom stereocenters. The summed E-state index contributed by atoms with van der Waals surface area (Å²) in [6, 6.07) is 5.44. The number of methoxy groups -OCH3 is 1. The molecule has 0 atom stereocenters. The van der Waals surface area contributed by atoms with E-state index in [0.29, 0.717) is 11.3 Å². The van der Waals surface area contributed by atoms with Crippen molar-refractivity contribution in [3.05, 3.63) is 28.8 Å². The third-order valence-electron chi connectivity index (χ3n) is 2.36. The summed E-state index contributed by atoms with van der Waals surface area (Å²) in [5.74, 6) is 0.343. The number of Topliss-reactive ketones (excluding diaryl/α,β-unsaturated/α-hetero) is 1. The van der Waals surface area contributed by atoms with Gasteiger partial charge in [0.25, 0.3) is 0 Å². The maximum absolute atomic E-state index is 11.6. The van der Waals surface area contributed by atoms with Gasteiger partial charge in [0.1, 0.15) is 5.75 Å². The van der Waals surface area contributed by atoms with Crippen molar-refractivity contribution in [3.63, 3.8) is 0 Å². The SMILES string of the molecule is COc1cc(C)c(C)cc1C(=O)CC#N. The fraction of sp³-hybridized carbons (Fsp3) is 0.333. The zero-order valence-corrected chi connectivity index (χ0v) is 9.13. The van der Waals surface area contributed by atoms with Crippen LogP contribution in [0.5, 0.6) is 5.75 Å². The van der Waals surface area contributed by atoms with E-state index in [1.54, 1.807) is 6.07 Å². The fourth-order valence-corrected chi connectivity index (χ4v) is 1.34. The lowest BCUT2D eigenvalue weighted by Gasteiger charge is -2.09. The standard InChI is InChI=1S/C12H13NO2/c1-8-6-10(11(14)4-5-13)12(15-3)7-9(8)2/h6-7H,4H2,1-3H3. The number of ketones is 1. The molecular weight excluding hydrogens is 190 g/mol. The van der Waals surface area contributed by atoms with E-state index in [1.807, 2.05) is 26.0 Å². The molecule has 0 saturated carbocycles. The Hall–Kier alpha value is -1.82. The first-order valence-electron chi connectivity index (χ1n) is 4.65. The van der Waals surface area contributed by atoms with Gasteiger partial charge in [0.15, 0.2) is 5.78 Å². The first-order chi connectivity index (χ1) is 7.10. The molecule has 1 aromatic rings. The quantitative estimate of drug-likeness (QED) is 0.709. The lowest BCUT2D eigenvalue weighted by Crippen LogP contribution is -2.02. The number of ether oxygens (including phenoxy) is 1. The largest absolute Gasteiger partial charge is 0.496 e. The van der Waals surface area contributed by atoms with Crippen molar-refractivity contribution in [2.24, 2.45) is 0 Å². The van der Waals surface area contributed by atoms with Crippen molar-refractivity contribution in [1.29, 1.82) is 5.26 Å². The highest BCUT2D eigenvalue weighted by molar-refractivity contribution is 6.00. The van der Waals surface area contributed by atoms with E-state index in [-0.39, 0.29) is 12.2 Å². The molecule has 1 rings (SSSR count). The lowest BCUT2D eigenvalue weighted by molar-refractivity contribution is 0.0994. The summed E-state index contributed by atoms with van der Waals surface area (Å²) in [6.45, 7) is 3.88. The minimum Gasteiger partial charge on any atom is -0.496 e. The summed E-state index contributed by atoms with van der Waals surface area (Å²) < 4.78 is 5.12. The normalized spacial score (nSPS) is 9.47. The Kier molecular flexibility index (Phi) is 3.46. The van der Waals surface area contributed by atoms with E-state index in [0.717, 1.165) is 11.1 Å². The van der Waals surface area contributed by atoms with Crippen LogP contribution in [-0.2, 0) is 0 Å². The summed E-state index contributed by atoms with van der Waals surface area (Å²) in [5, 5.41) is 8.47. The minimum absolute atomic E-state index is 0.112. The molecule has 3 nitrogen and oxygen atoms in total. The van der Waals surface area contributed by atoms with Gasteiger partial charge in [-0.3, -0.25) is 4.79 Å². The Labute approximate surface area is 89.3 Å². The van der Waals surface area contributed by atoms with Gasteiger partial charge < -0.3 is 4.74 Å². The van der Waals surface area contributed by atoms with E-state index < -0.39 is 0 Å². The number of hydrogen-bond acceptors (Lipinski definition) is 3. The van der Waals surface area contributed by atoms with Gasteiger partial charge in [-0.25, -0.2) is 0 Å². The predicted molar refractivity (Wildman–Crippen MR) is 57.0 cm³/mol. The maximum Gasteiger partial charge on any atom is 0.180 e. The monoisotopic (exact) mass is 203 g/mol. The highest BCUT2D eigenvalue weighted by atomic mass is 16.5. The van der Waals surface area contributed by atoms with Crippen LogP contribution < -0.4 is 4.74 Å². The molecule has 0 heterocycles. The second kappa shape index (κ2) is 4.61. The Morgan fingerprint density at radius 1 is 1.40 bits per heavy atom. The van der Waals surface area contributed by atoms with E-state index in [2.05, 4.69) is 0 Å². The first kappa shape index (κ1) is 11.3. The molecule has 15 heavy (non-hydrogen) atoms. The lowest BCUT2D eigenvalue weighted by atomic mass is 10.0. The van der Waals surface area contributed by atoms with Crippen LogP contribution in [0.2, 0.25) is 0 Å². The zero-order valence-electron chi connectivity index (χ0n) is 9.13. The molecule has 0 aliphatic rings. The molecule has 0 aromatic heterocycles. The Bertz CT molecular complexity index is 430. The predicted octanol–water partition coefficient (Wildman–Crippen LogP) is 2.41. The second-order valence-corrected chi connectivity index (χ2v) is 3.39. The minimum atomic E-state index is -0.197. The smallest absolute Gasteiger partial charge is 0.180 e. The number of carbonyl (C=O) groups excluding carboxylic acids is 1.